The summed E-state index contributed by atoms with van der Waals surface area (Å²) in [6.45, 7) is 9.84. The predicted molar refractivity (Wildman–Crippen MR) is 103 cm³/mol. The molecule has 4 heteroatoms. The number of rotatable bonds is 6. The van der Waals surface area contributed by atoms with E-state index in [4.69, 9.17) is 15.5 Å². The lowest BCUT2D eigenvalue weighted by atomic mass is 10.1. The molecular formula is C21H27N3O. The molecule has 0 radical (unpaired) electrons. The van der Waals surface area contributed by atoms with E-state index in [-0.39, 0.29) is 6.04 Å². The minimum absolute atomic E-state index is 0.0916. The first kappa shape index (κ1) is 17.5. The van der Waals surface area contributed by atoms with Crippen molar-refractivity contribution in [1.82, 2.24) is 9.55 Å². The number of nitrogens with two attached hydrogens (primary N) is 1. The molecule has 1 heterocycles. The van der Waals surface area contributed by atoms with Gasteiger partial charge in [0.1, 0.15) is 11.6 Å². The summed E-state index contributed by atoms with van der Waals surface area (Å²) in [5, 5.41) is 0. The van der Waals surface area contributed by atoms with E-state index in [2.05, 4.69) is 49.6 Å². The molecule has 25 heavy (non-hydrogen) atoms. The molecule has 0 bridgehead atoms. The van der Waals surface area contributed by atoms with Crippen LogP contribution >= 0.6 is 0 Å². The second-order valence-electron chi connectivity index (χ2n) is 6.85. The molecule has 2 aromatic carbocycles. The standard InChI is InChI=1S/C21H27N3O/c1-14-6-8-18(9-7-14)25-11-5-10-24-20-13-16(3)15(2)12-19(20)23-21(24)17(4)22/h6-9,12-13,17H,5,10-11,22H2,1-4H3. The van der Waals surface area contributed by atoms with Crippen molar-refractivity contribution in [3.05, 3.63) is 58.9 Å². The van der Waals surface area contributed by atoms with E-state index in [0.29, 0.717) is 6.61 Å². The first-order valence-corrected chi connectivity index (χ1v) is 8.88. The van der Waals surface area contributed by atoms with Crippen LogP contribution in [0.1, 0.15) is 41.9 Å². The topological polar surface area (TPSA) is 53.1 Å². The van der Waals surface area contributed by atoms with Gasteiger partial charge in [-0.2, -0.15) is 0 Å². The van der Waals surface area contributed by atoms with Gasteiger partial charge in [0, 0.05) is 6.54 Å². The summed E-state index contributed by atoms with van der Waals surface area (Å²) in [5.74, 6) is 1.86. The highest BCUT2D eigenvalue weighted by molar-refractivity contribution is 5.78. The highest BCUT2D eigenvalue weighted by Crippen LogP contribution is 2.23. The summed E-state index contributed by atoms with van der Waals surface area (Å²) in [5.41, 5.74) is 12.1. The van der Waals surface area contributed by atoms with Crippen LogP contribution in [0.5, 0.6) is 5.75 Å². The highest BCUT2D eigenvalue weighted by atomic mass is 16.5. The molecule has 132 valence electrons. The largest absolute Gasteiger partial charge is 0.494 e. The van der Waals surface area contributed by atoms with Gasteiger partial charge in [-0.3, -0.25) is 0 Å². The van der Waals surface area contributed by atoms with E-state index >= 15 is 0 Å². The van der Waals surface area contributed by atoms with Gasteiger partial charge in [-0.25, -0.2) is 4.98 Å². The Bertz CT molecular complexity index is 863. The lowest BCUT2D eigenvalue weighted by molar-refractivity contribution is 0.301. The zero-order valence-corrected chi connectivity index (χ0v) is 15.5. The van der Waals surface area contributed by atoms with Crippen molar-refractivity contribution in [2.75, 3.05) is 6.61 Å². The summed E-state index contributed by atoms with van der Waals surface area (Å²) < 4.78 is 8.09. The van der Waals surface area contributed by atoms with Crippen LogP contribution in [0.25, 0.3) is 11.0 Å². The molecule has 4 nitrogen and oxygen atoms in total. The van der Waals surface area contributed by atoms with Crippen molar-refractivity contribution in [2.45, 2.75) is 46.7 Å². The third kappa shape index (κ3) is 3.85. The van der Waals surface area contributed by atoms with Gasteiger partial charge in [-0.1, -0.05) is 17.7 Å². The molecule has 0 amide bonds. The number of nitrogens with zero attached hydrogens (tertiary/aromatic N) is 2. The van der Waals surface area contributed by atoms with Gasteiger partial charge in [-0.15, -0.1) is 0 Å². The van der Waals surface area contributed by atoms with Crippen LogP contribution < -0.4 is 10.5 Å². The van der Waals surface area contributed by atoms with Crippen molar-refractivity contribution in [1.29, 1.82) is 0 Å². The summed E-state index contributed by atoms with van der Waals surface area (Å²) in [6, 6.07) is 12.4. The summed E-state index contributed by atoms with van der Waals surface area (Å²) >= 11 is 0. The second kappa shape index (κ2) is 7.28. The molecule has 0 saturated heterocycles. The number of imidazole rings is 1. The van der Waals surface area contributed by atoms with E-state index in [1.54, 1.807) is 0 Å². The Morgan fingerprint density at radius 1 is 1.08 bits per heavy atom. The van der Waals surface area contributed by atoms with Gasteiger partial charge in [0.05, 0.1) is 23.7 Å². The maximum atomic E-state index is 6.15. The van der Waals surface area contributed by atoms with E-state index < -0.39 is 0 Å². The smallest absolute Gasteiger partial charge is 0.126 e. The lowest BCUT2D eigenvalue weighted by Gasteiger charge is -2.12. The van der Waals surface area contributed by atoms with Crippen molar-refractivity contribution >= 4 is 11.0 Å². The van der Waals surface area contributed by atoms with E-state index in [1.807, 2.05) is 19.1 Å². The molecule has 0 aliphatic carbocycles. The Morgan fingerprint density at radius 2 is 1.76 bits per heavy atom. The number of ether oxygens (including phenoxy) is 1. The highest BCUT2D eigenvalue weighted by Gasteiger charge is 2.14. The van der Waals surface area contributed by atoms with E-state index in [9.17, 15) is 0 Å². The van der Waals surface area contributed by atoms with Crippen LogP contribution in [0, 0.1) is 20.8 Å². The number of fused-ring (bicyclic) bond motifs is 1. The van der Waals surface area contributed by atoms with E-state index in [1.165, 1.54) is 16.7 Å². The Balaban J connectivity index is 1.74. The van der Waals surface area contributed by atoms with Gasteiger partial charge in [0.2, 0.25) is 0 Å². The fraction of sp³-hybridized carbons (Fsp3) is 0.381. The third-order valence-electron chi connectivity index (χ3n) is 4.62. The van der Waals surface area contributed by atoms with Crippen molar-refractivity contribution in [2.24, 2.45) is 5.73 Å². The van der Waals surface area contributed by atoms with Gasteiger partial charge >= 0.3 is 0 Å². The fourth-order valence-corrected chi connectivity index (χ4v) is 3.03. The average molecular weight is 337 g/mol. The minimum Gasteiger partial charge on any atom is -0.494 e. The van der Waals surface area contributed by atoms with Crippen LogP contribution in [-0.2, 0) is 6.54 Å². The van der Waals surface area contributed by atoms with Crippen LogP contribution in [0.3, 0.4) is 0 Å². The number of aryl methyl sites for hydroxylation is 4. The summed E-state index contributed by atoms with van der Waals surface area (Å²) in [6.07, 6.45) is 0.909. The SMILES string of the molecule is Cc1ccc(OCCCn2c(C(C)N)nc3cc(C)c(C)cc32)cc1. The van der Waals surface area contributed by atoms with Crippen LogP contribution in [0.4, 0.5) is 0 Å². The molecule has 3 rings (SSSR count). The molecule has 1 aromatic heterocycles. The Morgan fingerprint density at radius 3 is 2.44 bits per heavy atom. The zero-order chi connectivity index (χ0) is 18.0. The molecule has 0 aliphatic rings. The van der Waals surface area contributed by atoms with Gasteiger partial charge in [0.15, 0.2) is 0 Å². The maximum Gasteiger partial charge on any atom is 0.126 e. The van der Waals surface area contributed by atoms with Crippen molar-refractivity contribution in [3.8, 4) is 5.75 Å². The summed E-state index contributed by atoms with van der Waals surface area (Å²) in [4.78, 5) is 4.76. The molecule has 1 unspecified atom stereocenters. The van der Waals surface area contributed by atoms with Gasteiger partial charge < -0.3 is 15.0 Å². The average Bonchev–Trinajstić information content (AvgIpc) is 2.92. The van der Waals surface area contributed by atoms with Crippen molar-refractivity contribution in [3.63, 3.8) is 0 Å². The Kier molecular flexibility index (Phi) is 5.09. The Hall–Kier alpha value is -2.33. The van der Waals surface area contributed by atoms with E-state index in [0.717, 1.165) is 35.6 Å². The van der Waals surface area contributed by atoms with Gasteiger partial charge in [0.25, 0.3) is 0 Å². The van der Waals surface area contributed by atoms with Crippen LogP contribution in [-0.4, -0.2) is 16.2 Å². The number of benzene rings is 2. The first-order valence-electron chi connectivity index (χ1n) is 8.88. The van der Waals surface area contributed by atoms with Crippen molar-refractivity contribution < 1.29 is 4.74 Å². The number of hydrogen-bond donors (Lipinski definition) is 1. The molecule has 0 aliphatic heterocycles. The summed E-state index contributed by atoms with van der Waals surface area (Å²) in [7, 11) is 0. The molecule has 0 fully saturated rings. The maximum absolute atomic E-state index is 6.15. The fourth-order valence-electron chi connectivity index (χ4n) is 3.03. The first-order chi connectivity index (χ1) is 12.0. The number of hydrogen-bond acceptors (Lipinski definition) is 3. The normalized spacial score (nSPS) is 12.5. The zero-order valence-electron chi connectivity index (χ0n) is 15.5. The molecule has 3 aromatic rings. The molecule has 0 saturated carbocycles. The van der Waals surface area contributed by atoms with Crippen LogP contribution in [0.15, 0.2) is 36.4 Å². The third-order valence-corrected chi connectivity index (χ3v) is 4.62. The van der Waals surface area contributed by atoms with Gasteiger partial charge in [-0.05, 0) is 69.5 Å². The molecule has 0 spiro atoms. The van der Waals surface area contributed by atoms with Crippen LogP contribution in [0.2, 0.25) is 0 Å². The second-order valence-corrected chi connectivity index (χ2v) is 6.85. The Labute approximate surface area is 149 Å². The molecule has 1 atom stereocenters. The monoisotopic (exact) mass is 337 g/mol. The minimum atomic E-state index is -0.0916. The molecular weight excluding hydrogens is 310 g/mol. The predicted octanol–water partition coefficient (Wildman–Crippen LogP) is 4.45. The quantitative estimate of drug-likeness (QED) is 0.676. The number of aromatic nitrogens is 2. The molecule has 2 N–H and O–H groups in total. The lowest BCUT2D eigenvalue weighted by Crippen LogP contribution is -2.15.